The number of hydrogen-bond acceptors (Lipinski definition) is 14. The second-order valence-corrected chi connectivity index (χ2v) is 15.1. The molecule has 0 radical (unpaired) electrons. The van der Waals surface area contributed by atoms with Crippen LogP contribution in [0, 0.1) is 0 Å². The van der Waals surface area contributed by atoms with E-state index in [0.717, 1.165) is 53.8 Å². The molecule has 22 nitrogen and oxygen atoms in total. The van der Waals surface area contributed by atoms with Gasteiger partial charge in [0, 0.05) is 67.6 Å². The van der Waals surface area contributed by atoms with Crippen molar-refractivity contribution in [3.8, 4) is 17.0 Å². The largest absolute Gasteiger partial charge is 0.495 e. The molecule has 2 aromatic heterocycles. The lowest BCUT2D eigenvalue weighted by Crippen LogP contribution is -2.47. The Morgan fingerprint density at radius 3 is 1.70 bits per heavy atom. The highest BCUT2D eigenvalue weighted by atomic mass is 16.5. The maximum absolute atomic E-state index is 12.9. The fraction of sp³-hybridized carbons (Fsp3) is 0.333. The summed E-state index contributed by atoms with van der Waals surface area (Å²) in [7, 11) is 3.82. The van der Waals surface area contributed by atoms with Gasteiger partial charge in [0.1, 0.15) is 23.6 Å². The number of methoxy groups -OCH3 is 1. The van der Waals surface area contributed by atoms with E-state index < -0.39 is 35.8 Å². The van der Waals surface area contributed by atoms with E-state index in [-0.39, 0.29) is 17.9 Å². The number of hydrogen-bond donors (Lipinski definition) is 8. The molecule has 0 aliphatic carbocycles. The number of carbonyl (C=O) groups is 7. The van der Waals surface area contributed by atoms with Gasteiger partial charge >= 0.3 is 35.8 Å². The average Bonchev–Trinajstić information content (AvgIpc) is 3.69. The second kappa shape index (κ2) is 26.7. The Bertz CT molecular complexity index is 2310. The Kier molecular flexibility index (Phi) is 21.3. The van der Waals surface area contributed by atoms with Crippen molar-refractivity contribution < 1.29 is 68.9 Å². The first kappa shape index (κ1) is 53.4. The molecule has 1 amide bonds. The quantitative estimate of drug-likeness (QED) is 0.0826. The lowest BCUT2D eigenvalue weighted by molar-refractivity contribution is -0.134. The molecule has 2 fully saturated rings. The number of aromatic nitrogens is 4. The van der Waals surface area contributed by atoms with E-state index in [1.807, 2.05) is 48.5 Å². The fourth-order valence-corrected chi connectivity index (χ4v) is 7.06. The number of amides is 1. The standard InChI is InChI=1S/C33H42N8O2.3C4H4O4/c1-22(23-7-5-4-6-8-23)19-29(42)37-27-10-9-24(20-28(27)43-3)31-30-32(34)35-21-36-33(30)41(38-31)26-13-17-40(18-14-26)25-11-15-39(2)16-12-25;3*5-3(6)1-2-4(7)8/h4-10,20-22,25-26H,11-19H2,1-3H3,(H,37,42)(H2,34,35,36);3*1-2H,(H,5,6)(H,7,8)/b;3*2-1-/t22-;;;/m1.../s1. The van der Waals surface area contributed by atoms with Crippen LogP contribution >= 0.6 is 0 Å². The summed E-state index contributed by atoms with van der Waals surface area (Å²) >= 11 is 0. The topological polar surface area (TPSA) is 338 Å². The van der Waals surface area contributed by atoms with Crippen LogP contribution in [0.1, 0.15) is 56.6 Å². The van der Waals surface area contributed by atoms with Crippen LogP contribution in [-0.2, 0) is 33.6 Å². The smallest absolute Gasteiger partial charge is 0.328 e. The van der Waals surface area contributed by atoms with Gasteiger partial charge in [-0.05, 0) is 69.4 Å². The lowest BCUT2D eigenvalue weighted by Gasteiger charge is -2.41. The van der Waals surface area contributed by atoms with Gasteiger partial charge in [0.2, 0.25) is 5.91 Å². The third-order valence-electron chi connectivity index (χ3n) is 10.3. The third kappa shape index (κ3) is 18.2. The van der Waals surface area contributed by atoms with Gasteiger partial charge in [-0.2, -0.15) is 5.10 Å². The van der Waals surface area contributed by atoms with Crippen molar-refractivity contribution in [1.29, 1.82) is 0 Å². The molecule has 2 saturated heterocycles. The predicted octanol–water partition coefficient (Wildman–Crippen LogP) is 4.08. The molecule has 2 aliphatic rings. The average molecular weight is 931 g/mol. The number of ether oxygens (including phenoxy) is 1. The first-order valence-electron chi connectivity index (χ1n) is 20.7. The minimum absolute atomic E-state index is 0.0682. The van der Waals surface area contributed by atoms with Crippen LogP contribution in [-0.4, -0.2) is 148 Å². The monoisotopic (exact) mass is 930 g/mol. The highest BCUT2D eigenvalue weighted by molar-refractivity contribution is 5.99. The minimum atomic E-state index is -1.26. The maximum Gasteiger partial charge on any atom is 0.328 e. The number of nitrogens with zero attached hydrogens (tertiary/aromatic N) is 6. The highest BCUT2D eigenvalue weighted by Crippen LogP contribution is 2.38. The third-order valence-corrected chi connectivity index (χ3v) is 10.3. The van der Waals surface area contributed by atoms with E-state index in [9.17, 15) is 33.6 Å². The highest BCUT2D eigenvalue weighted by Gasteiger charge is 2.30. The summed E-state index contributed by atoms with van der Waals surface area (Å²) < 4.78 is 7.78. The van der Waals surface area contributed by atoms with E-state index in [4.69, 9.17) is 46.2 Å². The number of rotatable bonds is 14. The molecule has 22 heteroatoms. The molecule has 4 aromatic rings. The molecule has 0 saturated carbocycles. The first-order chi connectivity index (χ1) is 31.8. The molecule has 6 rings (SSSR count). The number of nitrogens with one attached hydrogen (secondary N) is 1. The molecule has 67 heavy (non-hydrogen) atoms. The van der Waals surface area contributed by atoms with E-state index in [1.165, 1.54) is 32.3 Å². The Morgan fingerprint density at radius 2 is 1.22 bits per heavy atom. The van der Waals surface area contributed by atoms with E-state index in [0.29, 0.717) is 66.2 Å². The van der Waals surface area contributed by atoms with Crippen molar-refractivity contribution in [2.45, 2.75) is 57.0 Å². The van der Waals surface area contributed by atoms with Crippen molar-refractivity contribution in [2.24, 2.45) is 0 Å². The zero-order valence-electron chi connectivity index (χ0n) is 37.0. The van der Waals surface area contributed by atoms with Gasteiger partial charge in [0.25, 0.3) is 0 Å². The Hall–Kier alpha value is -7.98. The lowest BCUT2D eigenvalue weighted by atomic mass is 9.97. The molecule has 358 valence electrons. The molecular formula is C45H54N8O14. The van der Waals surface area contributed by atoms with Crippen molar-refractivity contribution in [1.82, 2.24) is 29.5 Å². The second-order valence-electron chi connectivity index (χ2n) is 15.1. The molecule has 1 atom stereocenters. The van der Waals surface area contributed by atoms with E-state index in [1.54, 1.807) is 7.11 Å². The predicted molar refractivity (Wildman–Crippen MR) is 243 cm³/mol. The van der Waals surface area contributed by atoms with E-state index >= 15 is 0 Å². The minimum Gasteiger partial charge on any atom is -0.495 e. The number of nitrogens with two attached hydrogens (primary N) is 1. The van der Waals surface area contributed by atoms with Crippen LogP contribution in [0.15, 0.2) is 91.3 Å². The number of aliphatic carboxylic acids is 6. The molecular weight excluding hydrogens is 877 g/mol. The number of fused-ring (bicyclic) bond motifs is 1. The Morgan fingerprint density at radius 1 is 0.731 bits per heavy atom. The van der Waals surface area contributed by atoms with Gasteiger partial charge in [-0.3, -0.25) is 4.79 Å². The summed E-state index contributed by atoms with van der Waals surface area (Å²) in [6, 6.07) is 16.7. The van der Waals surface area contributed by atoms with Gasteiger partial charge in [-0.25, -0.2) is 43.4 Å². The van der Waals surface area contributed by atoms with Crippen LogP contribution in [0.5, 0.6) is 5.75 Å². The van der Waals surface area contributed by atoms with Gasteiger partial charge in [-0.1, -0.05) is 43.3 Å². The number of carbonyl (C=O) groups excluding carboxylic acids is 1. The van der Waals surface area contributed by atoms with Gasteiger partial charge in [0.05, 0.1) is 24.2 Å². The Balaban J connectivity index is 0.000000406. The van der Waals surface area contributed by atoms with Crippen molar-refractivity contribution >= 4 is 64.3 Å². The van der Waals surface area contributed by atoms with Gasteiger partial charge in [-0.15, -0.1) is 0 Å². The molecule has 2 aliphatic heterocycles. The number of carboxylic acid groups (broad SMARTS) is 6. The van der Waals surface area contributed by atoms with Crippen LogP contribution in [0.25, 0.3) is 22.3 Å². The summed E-state index contributed by atoms with van der Waals surface area (Å²) in [6.07, 6.45) is 9.75. The first-order valence-corrected chi connectivity index (χ1v) is 20.7. The van der Waals surface area contributed by atoms with Crippen LogP contribution < -0.4 is 15.8 Å². The molecule has 9 N–H and O–H groups in total. The van der Waals surface area contributed by atoms with Crippen molar-refractivity contribution in [3.63, 3.8) is 0 Å². The molecule has 0 unspecified atom stereocenters. The maximum atomic E-state index is 12.9. The zero-order chi connectivity index (χ0) is 49.6. The van der Waals surface area contributed by atoms with Gasteiger partial charge in [0.15, 0.2) is 5.65 Å². The number of likely N-dealkylation sites (tertiary alicyclic amines) is 2. The number of nitrogen functional groups attached to an aromatic ring is 1. The molecule has 2 aromatic carbocycles. The summed E-state index contributed by atoms with van der Waals surface area (Å²) in [4.78, 5) is 84.3. The number of carboxylic acids is 6. The SMILES string of the molecule is COc1cc(-c2nn(C3CCN(C4CCN(C)CC4)CC3)c3ncnc(N)c23)ccc1NC(=O)C[C@@H](C)c1ccccc1.O=C(O)/C=C\C(=O)O.O=C(O)/C=C\C(=O)O.O=C(O)/C=C\C(=O)O. The summed E-state index contributed by atoms with van der Waals surface area (Å²) in [6.45, 7) is 6.52. The van der Waals surface area contributed by atoms with Crippen LogP contribution in [0.2, 0.25) is 0 Å². The fourth-order valence-electron chi connectivity index (χ4n) is 7.06. The van der Waals surface area contributed by atoms with E-state index in [2.05, 4.69) is 43.7 Å². The number of benzene rings is 2. The Labute approximate surface area is 384 Å². The molecule has 4 heterocycles. The number of anilines is 2. The van der Waals surface area contributed by atoms with Crippen LogP contribution in [0.4, 0.5) is 11.5 Å². The van der Waals surface area contributed by atoms with Crippen LogP contribution in [0.3, 0.4) is 0 Å². The van der Waals surface area contributed by atoms with Crippen molar-refractivity contribution in [2.75, 3.05) is 51.4 Å². The number of piperidine rings is 2. The normalized spacial score (nSPS) is 15.0. The molecule has 0 spiro atoms. The summed E-state index contributed by atoms with van der Waals surface area (Å²) in [5.74, 6) is -6.55. The molecule has 0 bridgehead atoms. The van der Waals surface area contributed by atoms with Gasteiger partial charge < -0.3 is 56.2 Å². The summed E-state index contributed by atoms with van der Waals surface area (Å²) in [5, 5.41) is 55.7. The summed E-state index contributed by atoms with van der Waals surface area (Å²) in [5.41, 5.74) is 10.5. The zero-order valence-corrected chi connectivity index (χ0v) is 37.0. The van der Waals surface area contributed by atoms with Crippen molar-refractivity contribution in [3.05, 3.63) is 96.9 Å².